The lowest BCUT2D eigenvalue weighted by molar-refractivity contribution is 0.0598. The summed E-state index contributed by atoms with van der Waals surface area (Å²) in [7, 11) is -0.587. The monoisotopic (exact) mass is 435 g/mol. The van der Waals surface area contributed by atoms with Gasteiger partial charge in [-0.05, 0) is 49.7 Å². The Balaban J connectivity index is 1.81. The fourth-order valence-electron chi connectivity index (χ4n) is 2.93. The van der Waals surface area contributed by atoms with Gasteiger partial charge in [0.05, 0.1) is 24.2 Å². The molecule has 0 radical (unpaired) electrons. The summed E-state index contributed by atoms with van der Waals surface area (Å²) in [5.41, 5.74) is 0.270. The zero-order valence-corrected chi connectivity index (χ0v) is 18.0. The molecule has 1 atom stereocenters. The minimum atomic E-state index is -3.45. The van der Waals surface area contributed by atoms with E-state index in [0.29, 0.717) is 36.9 Å². The third-order valence-electron chi connectivity index (χ3n) is 4.55. The van der Waals surface area contributed by atoms with Crippen LogP contribution >= 0.6 is 0 Å². The van der Waals surface area contributed by atoms with Crippen LogP contribution in [0.1, 0.15) is 23.7 Å². The van der Waals surface area contributed by atoms with Crippen molar-refractivity contribution >= 4 is 16.0 Å². The molecule has 1 saturated heterocycles. The van der Waals surface area contributed by atoms with Gasteiger partial charge in [0.1, 0.15) is 23.4 Å². The average molecular weight is 435 g/mol. The number of hydrogen-bond acceptors (Lipinski definition) is 7. The van der Waals surface area contributed by atoms with Gasteiger partial charge in [0, 0.05) is 26.3 Å². The highest BCUT2D eigenvalue weighted by molar-refractivity contribution is 7.89. The molecule has 0 bridgehead atoms. The summed E-state index contributed by atoms with van der Waals surface area (Å²) in [5, 5.41) is 0. The number of carbonyl (C=O) groups is 1. The molecule has 1 heterocycles. The van der Waals surface area contributed by atoms with Crippen LogP contribution in [0.4, 0.5) is 0 Å². The second-order valence-corrected chi connectivity index (χ2v) is 8.84. The Labute approximate surface area is 176 Å². The predicted molar refractivity (Wildman–Crippen MR) is 110 cm³/mol. The van der Waals surface area contributed by atoms with E-state index in [9.17, 15) is 13.2 Å². The molecule has 9 heteroatoms. The molecule has 0 spiro atoms. The van der Waals surface area contributed by atoms with Gasteiger partial charge >= 0.3 is 5.97 Å². The van der Waals surface area contributed by atoms with Gasteiger partial charge in [-0.2, -0.15) is 4.31 Å². The molecule has 8 nitrogen and oxygen atoms in total. The lowest BCUT2D eigenvalue weighted by Gasteiger charge is -2.29. The Bertz CT molecular complexity index is 985. The van der Waals surface area contributed by atoms with Crippen molar-refractivity contribution in [3.8, 4) is 17.2 Å². The molecule has 30 heavy (non-hydrogen) atoms. The maximum Gasteiger partial charge on any atom is 0.338 e. The normalized spacial score (nSPS) is 15.2. The summed E-state index contributed by atoms with van der Waals surface area (Å²) in [5.74, 6) is 0.682. The van der Waals surface area contributed by atoms with Gasteiger partial charge in [-0.15, -0.1) is 0 Å². The van der Waals surface area contributed by atoms with Crippen LogP contribution in [0.25, 0.3) is 0 Å². The quantitative estimate of drug-likeness (QED) is 0.559. The topological polar surface area (TPSA) is 91.4 Å². The van der Waals surface area contributed by atoms with Crippen molar-refractivity contribution in [2.75, 3.05) is 33.9 Å². The van der Waals surface area contributed by atoms with E-state index < -0.39 is 16.0 Å². The van der Waals surface area contributed by atoms with Crippen molar-refractivity contribution < 1.29 is 32.2 Å². The summed E-state index contributed by atoms with van der Waals surface area (Å²) < 4.78 is 47.8. The number of rotatable bonds is 9. The standard InChI is InChI=1S/C21H25NO7S/c1-15(14-26-2)28-18-11-16(21(23)27-3)12-19(13-18)29-17-5-7-20(8-6-17)30(24,25)22-9-4-10-22/h5-8,11-13,15H,4,9-10,14H2,1-3H3. The zero-order valence-electron chi connectivity index (χ0n) is 17.2. The number of carbonyl (C=O) groups excluding carboxylic acids is 1. The lowest BCUT2D eigenvalue weighted by Crippen LogP contribution is -2.41. The minimum absolute atomic E-state index is 0.218. The van der Waals surface area contributed by atoms with Gasteiger partial charge in [-0.25, -0.2) is 13.2 Å². The molecule has 1 aliphatic rings. The van der Waals surface area contributed by atoms with Crippen LogP contribution < -0.4 is 9.47 Å². The van der Waals surface area contributed by atoms with Crippen LogP contribution in [0, 0.1) is 0 Å². The van der Waals surface area contributed by atoms with E-state index in [1.54, 1.807) is 31.4 Å². The van der Waals surface area contributed by atoms with Gasteiger partial charge in [-0.1, -0.05) is 0 Å². The molecular formula is C21H25NO7S. The molecule has 3 rings (SSSR count). The molecule has 162 valence electrons. The van der Waals surface area contributed by atoms with Crippen LogP contribution in [0.2, 0.25) is 0 Å². The van der Waals surface area contributed by atoms with Crippen molar-refractivity contribution in [1.29, 1.82) is 0 Å². The summed E-state index contributed by atoms with van der Waals surface area (Å²) >= 11 is 0. The SMILES string of the molecule is COCC(C)Oc1cc(Oc2ccc(S(=O)(=O)N3CCC3)cc2)cc(C(=O)OC)c1. The number of benzene rings is 2. The van der Waals surface area contributed by atoms with E-state index in [1.807, 2.05) is 6.92 Å². The Morgan fingerprint density at radius 3 is 2.27 bits per heavy atom. The molecule has 2 aromatic carbocycles. The van der Waals surface area contributed by atoms with Crippen molar-refractivity contribution in [3.63, 3.8) is 0 Å². The first-order valence-electron chi connectivity index (χ1n) is 9.50. The predicted octanol–water partition coefficient (Wildman–Crippen LogP) is 3.07. The maximum atomic E-state index is 12.4. The van der Waals surface area contributed by atoms with E-state index >= 15 is 0 Å². The van der Waals surface area contributed by atoms with Crippen LogP contribution in [0.5, 0.6) is 17.2 Å². The van der Waals surface area contributed by atoms with Gasteiger partial charge in [-0.3, -0.25) is 0 Å². The number of esters is 1. The first-order chi connectivity index (χ1) is 14.3. The van der Waals surface area contributed by atoms with Gasteiger partial charge in [0.2, 0.25) is 10.0 Å². The molecule has 1 fully saturated rings. The van der Waals surface area contributed by atoms with E-state index in [0.717, 1.165) is 6.42 Å². The highest BCUT2D eigenvalue weighted by Crippen LogP contribution is 2.30. The minimum Gasteiger partial charge on any atom is -0.488 e. The maximum absolute atomic E-state index is 12.4. The van der Waals surface area contributed by atoms with E-state index in [1.165, 1.54) is 29.6 Å². The first kappa shape index (κ1) is 22.1. The van der Waals surface area contributed by atoms with Gasteiger partial charge in [0.25, 0.3) is 0 Å². The fourth-order valence-corrected chi connectivity index (χ4v) is 4.44. The van der Waals surface area contributed by atoms with Gasteiger partial charge in [0.15, 0.2) is 0 Å². The molecular weight excluding hydrogens is 410 g/mol. The van der Waals surface area contributed by atoms with E-state index in [2.05, 4.69) is 0 Å². The molecule has 2 aromatic rings. The Morgan fingerprint density at radius 1 is 1.03 bits per heavy atom. The second-order valence-electron chi connectivity index (χ2n) is 6.90. The van der Waals surface area contributed by atoms with Crippen LogP contribution in [-0.4, -0.2) is 58.7 Å². The van der Waals surface area contributed by atoms with Gasteiger partial charge < -0.3 is 18.9 Å². The first-order valence-corrected chi connectivity index (χ1v) is 10.9. The average Bonchev–Trinajstić information content (AvgIpc) is 2.66. The van der Waals surface area contributed by atoms with Crippen LogP contribution in [0.15, 0.2) is 47.4 Å². The number of methoxy groups -OCH3 is 2. The number of hydrogen-bond donors (Lipinski definition) is 0. The van der Waals surface area contributed by atoms with Crippen molar-refractivity contribution in [3.05, 3.63) is 48.0 Å². The van der Waals surface area contributed by atoms with Crippen LogP contribution in [-0.2, 0) is 19.5 Å². The highest BCUT2D eigenvalue weighted by Gasteiger charge is 2.29. The summed E-state index contributed by atoms with van der Waals surface area (Å²) in [6.07, 6.45) is 0.645. The fraction of sp³-hybridized carbons (Fsp3) is 0.381. The molecule has 0 aliphatic carbocycles. The lowest BCUT2D eigenvalue weighted by atomic mass is 10.2. The molecule has 1 aliphatic heterocycles. The smallest absolute Gasteiger partial charge is 0.338 e. The van der Waals surface area contributed by atoms with Crippen molar-refractivity contribution in [2.45, 2.75) is 24.3 Å². The highest BCUT2D eigenvalue weighted by atomic mass is 32.2. The Morgan fingerprint density at radius 2 is 1.70 bits per heavy atom. The van der Waals surface area contributed by atoms with E-state index in [-0.39, 0.29) is 16.6 Å². The summed E-state index contributed by atoms with van der Waals surface area (Å²) in [6, 6.07) is 10.9. The largest absolute Gasteiger partial charge is 0.488 e. The van der Waals surface area contributed by atoms with E-state index in [4.69, 9.17) is 18.9 Å². The molecule has 0 saturated carbocycles. The zero-order chi connectivity index (χ0) is 21.7. The van der Waals surface area contributed by atoms with Crippen molar-refractivity contribution in [1.82, 2.24) is 4.31 Å². The third kappa shape index (κ3) is 5.10. The number of ether oxygens (including phenoxy) is 4. The Kier molecular flexibility index (Phi) is 6.96. The molecule has 1 unspecified atom stereocenters. The number of nitrogens with zero attached hydrogens (tertiary/aromatic N) is 1. The summed E-state index contributed by atoms with van der Waals surface area (Å²) in [6.45, 7) is 3.31. The van der Waals surface area contributed by atoms with Crippen molar-refractivity contribution in [2.24, 2.45) is 0 Å². The number of sulfonamides is 1. The van der Waals surface area contributed by atoms with Crippen LogP contribution in [0.3, 0.4) is 0 Å². The molecule has 0 aromatic heterocycles. The third-order valence-corrected chi connectivity index (χ3v) is 6.46. The molecule has 0 amide bonds. The summed E-state index contributed by atoms with van der Waals surface area (Å²) in [4.78, 5) is 12.2. The second kappa shape index (κ2) is 9.46. The Hall–Kier alpha value is -2.62. The molecule has 0 N–H and O–H groups in total.